The number of nitrogens with one attached hydrogen (secondary N) is 2. The Morgan fingerprint density at radius 2 is 1.75 bits per heavy atom. The van der Waals surface area contributed by atoms with Crippen LogP contribution in [0.2, 0.25) is 0 Å². The molecule has 2 aromatic rings. The van der Waals surface area contributed by atoms with E-state index in [0.29, 0.717) is 18.5 Å². The first-order chi connectivity index (χ1) is 13.4. The van der Waals surface area contributed by atoms with E-state index < -0.39 is 0 Å². The first-order valence-electron chi connectivity index (χ1n) is 10.0. The van der Waals surface area contributed by atoms with Gasteiger partial charge < -0.3 is 15.5 Å². The third kappa shape index (κ3) is 5.44. The van der Waals surface area contributed by atoms with Crippen LogP contribution in [0.15, 0.2) is 30.3 Å². The van der Waals surface area contributed by atoms with Crippen molar-refractivity contribution in [2.24, 2.45) is 5.92 Å². The molecule has 1 aromatic carbocycles. The Morgan fingerprint density at radius 3 is 2.39 bits per heavy atom. The highest BCUT2D eigenvalue weighted by atomic mass is 16.1. The summed E-state index contributed by atoms with van der Waals surface area (Å²) >= 11 is 0. The van der Waals surface area contributed by atoms with Crippen molar-refractivity contribution in [3.05, 3.63) is 47.2 Å². The quantitative estimate of drug-likeness (QED) is 0.802. The van der Waals surface area contributed by atoms with Crippen molar-refractivity contribution in [2.75, 3.05) is 24.3 Å². The van der Waals surface area contributed by atoms with Gasteiger partial charge in [-0.25, -0.2) is 4.98 Å². The van der Waals surface area contributed by atoms with Gasteiger partial charge in [0.05, 0.1) is 0 Å². The molecule has 0 atom stereocenters. The molecule has 0 aliphatic heterocycles. The molecule has 0 saturated heterocycles. The summed E-state index contributed by atoms with van der Waals surface area (Å²) in [6.45, 7) is 4.65. The Balaban J connectivity index is 1.47. The molecule has 0 spiro atoms. The molecular formula is C22H31N5O. The number of hydrogen-bond donors (Lipinski definition) is 2. The van der Waals surface area contributed by atoms with Crippen LogP contribution in [0.25, 0.3) is 0 Å². The van der Waals surface area contributed by atoms with Crippen LogP contribution in [-0.2, 0) is 11.3 Å². The van der Waals surface area contributed by atoms with Crippen molar-refractivity contribution in [1.29, 1.82) is 0 Å². The van der Waals surface area contributed by atoms with Gasteiger partial charge in [0.2, 0.25) is 11.9 Å². The maximum Gasteiger partial charge on any atom is 0.225 e. The molecule has 6 heteroatoms. The van der Waals surface area contributed by atoms with E-state index in [1.807, 2.05) is 32.0 Å². The lowest BCUT2D eigenvalue weighted by Gasteiger charge is -2.28. The molecule has 0 unspecified atom stereocenters. The second-order valence-electron chi connectivity index (χ2n) is 7.98. The Bertz CT molecular complexity index is 795. The van der Waals surface area contributed by atoms with Crippen LogP contribution in [0.5, 0.6) is 0 Å². The first kappa shape index (κ1) is 20.1. The molecule has 28 heavy (non-hydrogen) atoms. The molecule has 3 rings (SSSR count). The zero-order valence-corrected chi connectivity index (χ0v) is 17.3. The molecule has 1 aromatic heterocycles. The van der Waals surface area contributed by atoms with E-state index in [4.69, 9.17) is 0 Å². The lowest BCUT2D eigenvalue weighted by Crippen LogP contribution is -2.36. The number of hydrogen-bond acceptors (Lipinski definition) is 5. The van der Waals surface area contributed by atoms with Crippen LogP contribution >= 0.6 is 0 Å². The molecule has 1 fully saturated rings. The van der Waals surface area contributed by atoms with Gasteiger partial charge in [-0.2, -0.15) is 4.98 Å². The Kier molecular flexibility index (Phi) is 6.49. The van der Waals surface area contributed by atoms with Crippen LogP contribution < -0.4 is 15.5 Å². The number of benzene rings is 1. The summed E-state index contributed by atoms with van der Waals surface area (Å²) in [7, 11) is 3.96. The molecule has 1 aliphatic carbocycles. The van der Waals surface area contributed by atoms with Crippen LogP contribution in [0.4, 0.5) is 11.8 Å². The van der Waals surface area contributed by atoms with E-state index in [0.717, 1.165) is 42.8 Å². The minimum Gasteiger partial charge on any atom is -0.363 e. The molecule has 0 radical (unpaired) electrons. The summed E-state index contributed by atoms with van der Waals surface area (Å²) < 4.78 is 0. The fourth-order valence-electron chi connectivity index (χ4n) is 3.57. The predicted molar refractivity (Wildman–Crippen MR) is 113 cm³/mol. The molecule has 1 saturated carbocycles. The summed E-state index contributed by atoms with van der Waals surface area (Å²) in [4.78, 5) is 23.6. The molecule has 0 bridgehead atoms. The minimum absolute atomic E-state index is 0.0965. The summed E-state index contributed by atoms with van der Waals surface area (Å²) in [5.74, 6) is 1.84. The van der Waals surface area contributed by atoms with Gasteiger partial charge in [-0.3, -0.25) is 4.79 Å². The van der Waals surface area contributed by atoms with E-state index in [1.54, 1.807) is 0 Å². The van der Waals surface area contributed by atoms with Crippen molar-refractivity contribution in [1.82, 2.24) is 15.3 Å². The van der Waals surface area contributed by atoms with E-state index in [1.165, 1.54) is 5.56 Å². The monoisotopic (exact) mass is 381 g/mol. The lowest BCUT2D eigenvalue weighted by molar-refractivity contribution is -0.126. The largest absolute Gasteiger partial charge is 0.363 e. The van der Waals surface area contributed by atoms with Gasteiger partial charge in [0.25, 0.3) is 0 Å². The first-order valence-corrected chi connectivity index (χ1v) is 10.0. The number of anilines is 2. The zero-order chi connectivity index (χ0) is 20.1. The highest BCUT2D eigenvalue weighted by molar-refractivity contribution is 5.78. The number of aryl methyl sites for hydroxylation is 2. The molecule has 2 N–H and O–H groups in total. The third-order valence-corrected chi connectivity index (χ3v) is 5.32. The molecule has 150 valence electrons. The molecule has 1 aliphatic rings. The van der Waals surface area contributed by atoms with E-state index >= 15 is 0 Å². The topological polar surface area (TPSA) is 70.2 Å². The Morgan fingerprint density at radius 1 is 1.07 bits per heavy atom. The fraction of sp³-hybridized carbons (Fsp3) is 0.500. The molecule has 1 heterocycles. The van der Waals surface area contributed by atoms with Crippen LogP contribution in [0.3, 0.4) is 0 Å². The van der Waals surface area contributed by atoms with E-state index in [2.05, 4.69) is 51.8 Å². The molecular weight excluding hydrogens is 350 g/mol. The maximum atomic E-state index is 12.5. The fourth-order valence-corrected chi connectivity index (χ4v) is 3.57. The second kappa shape index (κ2) is 9.04. The Labute approximate surface area is 167 Å². The normalized spacial score (nSPS) is 19.1. The predicted octanol–water partition coefficient (Wildman–Crippen LogP) is 3.45. The Hall–Kier alpha value is -2.63. The van der Waals surface area contributed by atoms with Gasteiger partial charge >= 0.3 is 0 Å². The van der Waals surface area contributed by atoms with Gasteiger partial charge in [-0.05, 0) is 45.1 Å². The number of nitrogens with zero attached hydrogens (tertiary/aromatic N) is 3. The standard InChI is InChI=1S/C22H31N5O/c1-15-5-7-17(8-6-15)14-23-21(28)18-9-11-19(12-10-18)25-22-24-16(2)13-20(26-22)27(3)4/h5-8,13,18-19H,9-12,14H2,1-4H3,(H,23,28)(H,24,25,26)/t18-,19+. The summed E-state index contributed by atoms with van der Waals surface area (Å²) in [5, 5.41) is 6.55. The van der Waals surface area contributed by atoms with Crippen molar-refractivity contribution in [2.45, 2.75) is 52.1 Å². The minimum atomic E-state index is 0.0965. The van der Waals surface area contributed by atoms with Crippen LogP contribution in [0, 0.1) is 19.8 Å². The molecule has 6 nitrogen and oxygen atoms in total. The summed E-state index contributed by atoms with van der Waals surface area (Å²) in [5.41, 5.74) is 3.32. The van der Waals surface area contributed by atoms with Crippen molar-refractivity contribution < 1.29 is 4.79 Å². The lowest BCUT2D eigenvalue weighted by atomic mass is 9.85. The average molecular weight is 382 g/mol. The zero-order valence-electron chi connectivity index (χ0n) is 17.3. The highest BCUT2D eigenvalue weighted by Gasteiger charge is 2.26. The van der Waals surface area contributed by atoms with E-state index in [9.17, 15) is 4.79 Å². The average Bonchev–Trinajstić information content (AvgIpc) is 2.67. The van der Waals surface area contributed by atoms with Crippen molar-refractivity contribution >= 4 is 17.7 Å². The summed E-state index contributed by atoms with van der Waals surface area (Å²) in [6.07, 6.45) is 3.70. The third-order valence-electron chi connectivity index (χ3n) is 5.32. The maximum absolute atomic E-state index is 12.5. The summed E-state index contributed by atoms with van der Waals surface area (Å²) in [6, 6.07) is 10.6. The number of carbonyl (C=O) groups is 1. The van der Waals surface area contributed by atoms with Crippen molar-refractivity contribution in [3.8, 4) is 0 Å². The smallest absolute Gasteiger partial charge is 0.225 e. The number of aromatic nitrogens is 2. The number of carbonyl (C=O) groups excluding carboxylic acids is 1. The van der Waals surface area contributed by atoms with Gasteiger partial charge in [0, 0.05) is 44.4 Å². The van der Waals surface area contributed by atoms with Crippen molar-refractivity contribution in [3.63, 3.8) is 0 Å². The SMILES string of the molecule is Cc1ccc(CNC(=O)[C@H]2CC[C@@H](Nc3nc(C)cc(N(C)C)n3)CC2)cc1. The van der Waals surface area contributed by atoms with E-state index in [-0.39, 0.29) is 11.8 Å². The molecule has 1 amide bonds. The van der Waals surface area contributed by atoms with Crippen LogP contribution in [-0.4, -0.2) is 36.0 Å². The van der Waals surface area contributed by atoms with Crippen LogP contribution in [0.1, 0.15) is 42.5 Å². The van der Waals surface area contributed by atoms with Gasteiger partial charge in [0.1, 0.15) is 5.82 Å². The second-order valence-corrected chi connectivity index (χ2v) is 7.98. The van der Waals surface area contributed by atoms with Gasteiger partial charge in [-0.15, -0.1) is 0 Å². The number of rotatable bonds is 6. The number of amides is 1. The highest BCUT2D eigenvalue weighted by Crippen LogP contribution is 2.26. The van der Waals surface area contributed by atoms with Gasteiger partial charge in [0.15, 0.2) is 0 Å². The van der Waals surface area contributed by atoms with Gasteiger partial charge in [-0.1, -0.05) is 29.8 Å².